The normalized spacial score (nSPS) is 15.5. The molecule has 0 bridgehead atoms. The van der Waals surface area contributed by atoms with Gasteiger partial charge in [0.15, 0.2) is 0 Å². The second kappa shape index (κ2) is 24.1. The molecule has 0 aliphatic carbocycles. The highest BCUT2D eigenvalue weighted by atomic mass is 32.2. The molecule has 276 valence electrons. The first-order valence-corrected chi connectivity index (χ1v) is 18.1. The molecular weight excluding hydrogens is 665 g/mol. The number of carboxylic acids is 1. The molecule has 0 saturated carbocycles. The number of hydrogen-bond donors (Lipinski definition) is 10. The van der Waals surface area contributed by atoms with E-state index >= 15 is 0 Å². The summed E-state index contributed by atoms with van der Waals surface area (Å²) >= 11 is 5.34. The van der Waals surface area contributed by atoms with Gasteiger partial charge in [-0.1, -0.05) is 34.1 Å². The van der Waals surface area contributed by atoms with Crippen LogP contribution in [0.4, 0.5) is 0 Å². The van der Waals surface area contributed by atoms with E-state index in [2.05, 4.69) is 44.5 Å². The molecule has 0 aliphatic rings. The van der Waals surface area contributed by atoms with Gasteiger partial charge in [0.2, 0.25) is 35.4 Å². The number of carbonyl (C=O) groups excluding carboxylic acids is 6. The quantitative estimate of drug-likeness (QED) is 0.0404. The Labute approximate surface area is 293 Å². The predicted octanol–water partition coefficient (Wildman–Crippen LogP) is -1.53. The van der Waals surface area contributed by atoms with Gasteiger partial charge in [0, 0.05) is 5.75 Å². The number of rotatable bonds is 24. The molecule has 16 nitrogen and oxygen atoms in total. The maximum Gasteiger partial charge on any atom is 0.327 e. The highest BCUT2D eigenvalue weighted by Crippen LogP contribution is 2.11. The van der Waals surface area contributed by atoms with Crippen molar-refractivity contribution in [3.8, 4) is 0 Å². The van der Waals surface area contributed by atoms with E-state index in [0.717, 1.165) is 0 Å². The maximum atomic E-state index is 13.6. The van der Waals surface area contributed by atoms with Gasteiger partial charge >= 0.3 is 5.97 Å². The van der Waals surface area contributed by atoms with Gasteiger partial charge in [-0.2, -0.15) is 24.4 Å². The highest BCUT2D eigenvalue weighted by molar-refractivity contribution is 7.98. The minimum atomic E-state index is -1.28. The lowest BCUT2D eigenvalue weighted by molar-refractivity contribution is -0.141. The number of carboxylic acid groups (broad SMARTS) is 1. The first kappa shape index (κ1) is 44.9. The van der Waals surface area contributed by atoms with Crippen molar-refractivity contribution in [3.05, 3.63) is 0 Å². The number of unbranched alkanes of at least 4 members (excludes halogenated alkanes) is 1. The van der Waals surface area contributed by atoms with Crippen molar-refractivity contribution in [2.24, 2.45) is 23.3 Å². The smallest absolute Gasteiger partial charge is 0.327 e. The van der Waals surface area contributed by atoms with Crippen molar-refractivity contribution in [3.63, 3.8) is 0 Å². The van der Waals surface area contributed by atoms with Crippen molar-refractivity contribution >= 4 is 65.8 Å². The molecule has 0 rings (SSSR count). The zero-order chi connectivity index (χ0) is 37.0. The zero-order valence-electron chi connectivity index (χ0n) is 28.8. The molecular formula is C30H56N8O8S2. The van der Waals surface area contributed by atoms with Gasteiger partial charge in [-0.25, -0.2) is 4.79 Å². The molecule has 0 fully saturated rings. The lowest BCUT2D eigenvalue weighted by Crippen LogP contribution is -2.60. The summed E-state index contributed by atoms with van der Waals surface area (Å²) in [5, 5.41) is 24.5. The molecule has 0 spiro atoms. The van der Waals surface area contributed by atoms with E-state index in [4.69, 9.17) is 16.6 Å². The zero-order valence-corrected chi connectivity index (χ0v) is 30.5. The Bertz CT molecular complexity index is 1080. The molecule has 7 atom stereocenters. The molecule has 18 heteroatoms. The van der Waals surface area contributed by atoms with Crippen LogP contribution >= 0.6 is 24.4 Å². The molecule has 0 saturated heterocycles. The average molecular weight is 721 g/mol. The predicted molar refractivity (Wildman–Crippen MR) is 188 cm³/mol. The number of aliphatic carboxylic acids is 1. The Morgan fingerprint density at radius 3 is 1.79 bits per heavy atom. The standard InChI is InChI=1S/C30H56N8O8S2/c1-7-17(4)24(28(43)33-14-22(39)34-21(15-47)30(45)46)38-27(42)20(11-13-48-6)36-29(44)23(16(2)3)37-26(41)19(10-8-9-12-31)35-25(40)18(5)32/h16-21,23-24,47H,7-15,31-32H2,1-6H3,(H,33,43)(H,34,39)(H,35,40)(H,36,44)(H,37,41)(H,38,42)(H,45,46)/t17-,18-,19-,20-,21-,23-,24-/m0/s1. The SMILES string of the molecule is CC[C@H](C)[C@H](NC(=O)[C@H](CCSC)NC(=O)[C@@H](NC(=O)[C@H](CCCCN)NC(=O)[C@H](C)N)C(C)C)C(=O)NCC(=O)N[C@@H](CS)C(=O)O. The van der Waals surface area contributed by atoms with Crippen molar-refractivity contribution in [2.75, 3.05) is 30.9 Å². The summed E-state index contributed by atoms with van der Waals surface area (Å²) in [6.07, 6.45) is 3.99. The van der Waals surface area contributed by atoms with Crippen LogP contribution in [0.5, 0.6) is 0 Å². The minimum Gasteiger partial charge on any atom is -0.480 e. The lowest BCUT2D eigenvalue weighted by Gasteiger charge is -2.29. The Morgan fingerprint density at radius 2 is 1.31 bits per heavy atom. The van der Waals surface area contributed by atoms with Crippen molar-refractivity contribution in [2.45, 2.75) is 103 Å². The third-order valence-electron chi connectivity index (χ3n) is 7.52. The minimum absolute atomic E-state index is 0.148. The fourth-order valence-electron chi connectivity index (χ4n) is 4.28. The number of nitrogens with two attached hydrogens (primary N) is 2. The van der Waals surface area contributed by atoms with E-state index in [9.17, 15) is 33.6 Å². The van der Waals surface area contributed by atoms with Crippen LogP contribution in [0, 0.1) is 11.8 Å². The number of hydrogen-bond acceptors (Lipinski definition) is 11. The molecule has 6 amide bonds. The van der Waals surface area contributed by atoms with Gasteiger partial charge in [0.25, 0.3) is 0 Å². The van der Waals surface area contributed by atoms with E-state index in [0.29, 0.717) is 31.6 Å². The van der Waals surface area contributed by atoms with Gasteiger partial charge in [0.1, 0.15) is 30.2 Å². The Kier molecular flexibility index (Phi) is 22.6. The summed E-state index contributed by atoms with van der Waals surface area (Å²) in [6.45, 7) is 8.36. The monoisotopic (exact) mass is 720 g/mol. The van der Waals surface area contributed by atoms with E-state index in [1.807, 2.05) is 13.2 Å². The van der Waals surface area contributed by atoms with E-state index in [1.54, 1.807) is 20.8 Å². The van der Waals surface area contributed by atoms with Crippen LogP contribution in [-0.4, -0.2) is 114 Å². The fraction of sp³-hybridized carbons (Fsp3) is 0.767. The van der Waals surface area contributed by atoms with Crippen LogP contribution in [0.15, 0.2) is 0 Å². The first-order chi connectivity index (χ1) is 22.5. The summed E-state index contributed by atoms with van der Waals surface area (Å²) in [5.41, 5.74) is 11.3. The molecule has 0 radical (unpaired) electrons. The Morgan fingerprint density at radius 1 is 0.750 bits per heavy atom. The molecule has 0 aromatic heterocycles. The number of nitrogens with one attached hydrogen (secondary N) is 6. The second-order valence-electron chi connectivity index (χ2n) is 11.9. The van der Waals surface area contributed by atoms with Crippen LogP contribution in [0.1, 0.15) is 66.7 Å². The third kappa shape index (κ3) is 16.8. The number of thiol groups is 1. The van der Waals surface area contributed by atoms with E-state index in [-0.39, 0.29) is 24.5 Å². The summed E-state index contributed by atoms with van der Waals surface area (Å²) in [5.74, 6) is -5.49. The third-order valence-corrected chi connectivity index (χ3v) is 8.53. The van der Waals surface area contributed by atoms with Gasteiger partial charge in [0.05, 0.1) is 12.6 Å². The second-order valence-corrected chi connectivity index (χ2v) is 13.3. The van der Waals surface area contributed by atoms with Crippen molar-refractivity contribution < 1.29 is 38.7 Å². The van der Waals surface area contributed by atoms with Crippen LogP contribution in [0.25, 0.3) is 0 Å². The Balaban J connectivity index is 5.85. The fourth-order valence-corrected chi connectivity index (χ4v) is 5.00. The van der Waals surface area contributed by atoms with E-state index in [1.165, 1.54) is 18.7 Å². The largest absolute Gasteiger partial charge is 0.480 e. The number of thioether (sulfide) groups is 1. The molecule has 11 N–H and O–H groups in total. The summed E-state index contributed by atoms with van der Waals surface area (Å²) in [6, 6.07) is -6.26. The number of amides is 6. The van der Waals surface area contributed by atoms with E-state index < -0.39 is 90.1 Å². The molecule has 0 unspecified atom stereocenters. The van der Waals surface area contributed by atoms with Crippen LogP contribution in [-0.2, 0) is 33.6 Å². The van der Waals surface area contributed by atoms with Crippen LogP contribution in [0.2, 0.25) is 0 Å². The van der Waals surface area contributed by atoms with Gasteiger partial charge in [-0.05, 0) is 63.0 Å². The summed E-state index contributed by atoms with van der Waals surface area (Å²) in [7, 11) is 0. The maximum absolute atomic E-state index is 13.6. The van der Waals surface area contributed by atoms with Crippen molar-refractivity contribution in [1.82, 2.24) is 31.9 Å². The van der Waals surface area contributed by atoms with Gasteiger partial charge in [-0.15, -0.1) is 0 Å². The molecule has 0 aromatic rings. The number of carbonyl (C=O) groups is 7. The summed E-state index contributed by atoms with van der Waals surface area (Å²) < 4.78 is 0. The lowest BCUT2D eigenvalue weighted by atomic mass is 9.97. The summed E-state index contributed by atoms with van der Waals surface area (Å²) in [4.78, 5) is 89.2. The Hall–Kier alpha value is -3.09. The average Bonchev–Trinajstić information content (AvgIpc) is 3.03. The topological polar surface area (TPSA) is 264 Å². The highest BCUT2D eigenvalue weighted by Gasteiger charge is 2.34. The van der Waals surface area contributed by atoms with Crippen molar-refractivity contribution in [1.29, 1.82) is 0 Å². The van der Waals surface area contributed by atoms with Gasteiger partial charge in [-0.3, -0.25) is 28.8 Å². The van der Waals surface area contributed by atoms with Crippen LogP contribution < -0.4 is 43.4 Å². The first-order valence-electron chi connectivity index (χ1n) is 16.1. The van der Waals surface area contributed by atoms with Crippen LogP contribution in [0.3, 0.4) is 0 Å². The molecule has 48 heavy (non-hydrogen) atoms. The molecule has 0 aliphatic heterocycles. The van der Waals surface area contributed by atoms with Gasteiger partial charge < -0.3 is 48.5 Å². The molecule has 0 heterocycles. The molecule has 0 aromatic carbocycles.